The number of hydrogen-bond donors (Lipinski definition) is 9. The molecule has 3 rings (SSSR count). The van der Waals surface area contributed by atoms with Gasteiger partial charge in [-0.05, 0) is 56.1 Å². The lowest BCUT2D eigenvalue weighted by Crippen LogP contribution is -2.62. The van der Waals surface area contributed by atoms with Crippen LogP contribution in [0.25, 0.3) is 0 Å². The number of hydrogen-bond acceptors (Lipinski definition) is 11. The van der Waals surface area contributed by atoms with Crippen molar-refractivity contribution in [2.24, 2.45) is 17.8 Å². The van der Waals surface area contributed by atoms with Crippen LogP contribution in [0.5, 0.6) is 0 Å². The highest BCUT2D eigenvalue weighted by Crippen LogP contribution is 2.14. The van der Waals surface area contributed by atoms with Crippen molar-refractivity contribution < 1.29 is 53.3 Å². The normalized spacial score (nSPS) is 24.5. The van der Waals surface area contributed by atoms with Gasteiger partial charge in [0, 0.05) is 18.8 Å². The number of carbonyl (C=O) groups excluding carboxylic acids is 8. The Hall–Kier alpha value is -5.88. The topological polar surface area (TPSA) is 270 Å². The standard InChI is InChI=1S/C46H67N7O11/c1-9-27(6)39(56)47-35(23-31-18-14-11-15-19-31)43(60)53-38-29(8)64-46(63)36(24-54)51-44(61)37(28(7)55)52-42(59)33(21-26(4)5)48-41(58)34(22-30-16-12-10-13-17-30)49-40(57)32(20-25(2)3)50-45(38)62/h10-19,25-29,32-38,54-55H,9,20-24H2,1-8H3,(H,47,56)(H,48,58)(H,49,57)(H,50,62)(H,51,61)(H,52,59)(H,53,60)/t27-,28-,29-,32+,33+,34+,35+,36-,37+,38+/m0/s1. The fraction of sp³-hybridized carbons (Fsp3) is 0.565. The minimum Gasteiger partial charge on any atom is -0.458 e. The molecule has 64 heavy (non-hydrogen) atoms. The van der Waals surface area contributed by atoms with Crippen LogP contribution in [0.4, 0.5) is 0 Å². The van der Waals surface area contributed by atoms with Crippen LogP contribution < -0.4 is 37.2 Å². The van der Waals surface area contributed by atoms with E-state index in [1.54, 1.807) is 95.3 Å². The highest BCUT2D eigenvalue weighted by molar-refractivity contribution is 5.98. The van der Waals surface area contributed by atoms with E-state index in [2.05, 4.69) is 37.2 Å². The molecule has 0 spiro atoms. The molecule has 1 saturated heterocycles. The zero-order chi connectivity index (χ0) is 47.7. The van der Waals surface area contributed by atoms with Gasteiger partial charge < -0.3 is 52.2 Å². The summed E-state index contributed by atoms with van der Waals surface area (Å²) in [5.74, 6) is -7.79. The van der Waals surface area contributed by atoms with Crippen molar-refractivity contribution in [2.75, 3.05) is 6.61 Å². The van der Waals surface area contributed by atoms with Crippen LogP contribution in [-0.4, -0.2) is 119 Å². The zero-order valence-electron chi connectivity index (χ0n) is 38.0. The Morgan fingerprint density at radius 3 is 1.66 bits per heavy atom. The summed E-state index contributed by atoms with van der Waals surface area (Å²) in [5.41, 5.74) is 1.34. The Morgan fingerprint density at radius 2 is 1.14 bits per heavy atom. The summed E-state index contributed by atoms with van der Waals surface area (Å²) in [6, 6.07) is 7.26. The van der Waals surface area contributed by atoms with Gasteiger partial charge in [-0.1, -0.05) is 102 Å². The molecule has 0 aliphatic carbocycles. The van der Waals surface area contributed by atoms with Gasteiger partial charge in [-0.2, -0.15) is 0 Å². The quantitative estimate of drug-likeness (QED) is 0.110. The second-order valence-corrected chi connectivity index (χ2v) is 17.3. The lowest BCUT2D eigenvalue weighted by molar-refractivity contribution is -0.157. The average molecular weight is 894 g/mol. The number of benzene rings is 2. The van der Waals surface area contributed by atoms with Gasteiger partial charge in [0.1, 0.15) is 42.4 Å². The number of aliphatic hydroxyl groups is 2. The first kappa shape index (κ1) is 52.5. The van der Waals surface area contributed by atoms with Crippen molar-refractivity contribution in [1.82, 2.24) is 37.2 Å². The first-order valence-electron chi connectivity index (χ1n) is 21.9. The van der Waals surface area contributed by atoms with E-state index in [4.69, 9.17) is 4.74 Å². The van der Waals surface area contributed by atoms with E-state index in [-0.39, 0.29) is 37.5 Å². The Labute approximate surface area is 375 Å². The molecule has 9 N–H and O–H groups in total. The summed E-state index contributed by atoms with van der Waals surface area (Å²) in [5, 5.41) is 39.1. The predicted molar refractivity (Wildman–Crippen MR) is 236 cm³/mol. The number of aliphatic hydroxyl groups excluding tert-OH is 2. The molecule has 1 heterocycles. The molecule has 2 aromatic rings. The lowest BCUT2D eigenvalue weighted by Gasteiger charge is -2.30. The Kier molecular flexibility index (Phi) is 20.8. The summed E-state index contributed by atoms with van der Waals surface area (Å²) < 4.78 is 5.62. The molecule has 2 aromatic carbocycles. The number of ether oxygens (including phenoxy) is 1. The SMILES string of the molecule is CC[C@H](C)C(=O)N[C@H](Cc1ccccc1)C(=O)N[C@H]1C(=O)N[C@H](CC(C)C)C(=O)N[C@H](Cc2ccccc2)C(=O)N[C@H](CC(C)C)C(=O)N[C@H]([C@H](C)O)C(=O)N[C@@H](CO)C(=O)O[C@H]1C. The van der Waals surface area contributed by atoms with Crippen LogP contribution in [-0.2, 0) is 55.9 Å². The van der Waals surface area contributed by atoms with Gasteiger partial charge in [0.05, 0.1) is 12.7 Å². The van der Waals surface area contributed by atoms with Crippen LogP contribution >= 0.6 is 0 Å². The Morgan fingerprint density at radius 1 is 0.656 bits per heavy atom. The number of cyclic esters (lactones) is 1. The van der Waals surface area contributed by atoms with Crippen LogP contribution in [0.15, 0.2) is 60.7 Å². The molecule has 0 radical (unpaired) electrons. The number of carbonyl (C=O) groups is 8. The maximum atomic E-state index is 14.5. The fourth-order valence-corrected chi connectivity index (χ4v) is 6.91. The van der Waals surface area contributed by atoms with Crippen LogP contribution in [0.2, 0.25) is 0 Å². The average Bonchev–Trinajstić information content (AvgIpc) is 3.24. The van der Waals surface area contributed by atoms with Crippen molar-refractivity contribution in [3.8, 4) is 0 Å². The molecular weight excluding hydrogens is 827 g/mol. The van der Waals surface area contributed by atoms with Gasteiger partial charge in [0.15, 0.2) is 6.04 Å². The highest BCUT2D eigenvalue weighted by Gasteiger charge is 2.39. The molecule has 7 amide bonds. The van der Waals surface area contributed by atoms with Gasteiger partial charge in [-0.25, -0.2) is 4.79 Å². The fourth-order valence-electron chi connectivity index (χ4n) is 6.91. The molecule has 18 heteroatoms. The summed E-state index contributed by atoms with van der Waals surface area (Å²) in [6.07, 6.45) is -2.51. The van der Waals surface area contributed by atoms with E-state index < -0.39 is 114 Å². The van der Waals surface area contributed by atoms with E-state index in [1.807, 2.05) is 6.92 Å². The van der Waals surface area contributed by atoms with Crippen molar-refractivity contribution in [3.63, 3.8) is 0 Å². The van der Waals surface area contributed by atoms with E-state index in [0.717, 1.165) is 0 Å². The number of esters is 1. The van der Waals surface area contributed by atoms with E-state index in [1.165, 1.54) is 13.8 Å². The van der Waals surface area contributed by atoms with E-state index >= 15 is 0 Å². The third kappa shape index (κ3) is 16.3. The van der Waals surface area contributed by atoms with Gasteiger partial charge >= 0.3 is 5.97 Å². The third-order valence-electron chi connectivity index (χ3n) is 10.8. The van der Waals surface area contributed by atoms with Crippen molar-refractivity contribution in [2.45, 2.75) is 142 Å². The number of nitrogens with one attached hydrogen (secondary N) is 7. The second kappa shape index (κ2) is 25.4. The highest BCUT2D eigenvalue weighted by atomic mass is 16.5. The van der Waals surface area contributed by atoms with Crippen LogP contribution in [0.3, 0.4) is 0 Å². The maximum Gasteiger partial charge on any atom is 0.331 e. The summed E-state index contributed by atoms with van der Waals surface area (Å²) in [7, 11) is 0. The molecule has 10 atom stereocenters. The monoisotopic (exact) mass is 893 g/mol. The number of rotatable bonds is 15. The largest absolute Gasteiger partial charge is 0.458 e. The van der Waals surface area contributed by atoms with E-state index in [0.29, 0.717) is 17.5 Å². The first-order valence-corrected chi connectivity index (χ1v) is 21.9. The van der Waals surface area contributed by atoms with Gasteiger partial charge in [0.25, 0.3) is 0 Å². The molecule has 18 nitrogen and oxygen atoms in total. The molecule has 1 aliphatic heterocycles. The van der Waals surface area contributed by atoms with Crippen LogP contribution in [0, 0.1) is 17.8 Å². The Bertz CT molecular complexity index is 1900. The lowest BCUT2D eigenvalue weighted by atomic mass is 9.99. The smallest absolute Gasteiger partial charge is 0.331 e. The minimum atomic E-state index is -1.79. The van der Waals surface area contributed by atoms with Crippen molar-refractivity contribution in [3.05, 3.63) is 71.8 Å². The number of amides is 7. The molecule has 0 saturated carbocycles. The van der Waals surface area contributed by atoms with E-state index in [9.17, 15) is 48.6 Å². The molecule has 0 aromatic heterocycles. The maximum absolute atomic E-state index is 14.5. The van der Waals surface area contributed by atoms with Gasteiger partial charge in [0.2, 0.25) is 41.4 Å². The molecular formula is C46H67N7O11. The Balaban J connectivity index is 2.17. The molecule has 0 bridgehead atoms. The van der Waals surface area contributed by atoms with Gasteiger partial charge in [-0.15, -0.1) is 0 Å². The minimum absolute atomic E-state index is 0.0121. The molecule has 1 aliphatic rings. The molecule has 352 valence electrons. The van der Waals surface area contributed by atoms with Gasteiger partial charge in [-0.3, -0.25) is 33.6 Å². The van der Waals surface area contributed by atoms with Crippen molar-refractivity contribution >= 4 is 47.3 Å². The first-order chi connectivity index (χ1) is 30.2. The van der Waals surface area contributed by atoms with Crippen LogP contribution in [0.1, 0.15) is 85.8 Å². The zero-order valence-corrected chi connectivity index (χ0v) is 38.0. The summed E-state index contributed by atoms with van der Waals surface area (Å²) in [4.78, 5) is 111. The summed E-state index contributed by atoms with van der Waals surface area (Å²) in [6.45, 7) is 12.2. The third-order valence-corrected chi connectivity index (χ3v) is 10.8. The second-order valence-electron chi connectivity index (χ2n) is 17.3. The molecule has 0 unspecified atom stereocenters. The summed E-state index contributed by atoms with van der Waals surface area (Å²) >= 11 is 0. The molecule has 1 fully saturated rings. The predicted octanol–water partition coefficient (Wildman–Crippen LogP) is 0.322. The van der Waals surface area contributed by atoms with Crippen molar-refractivity contribution in [1.29, 1.82) is 0 Å².